The average molecular weight is 302 g/mol. The number of carbonyl (C=O) groups excluding carboxylic acids is 1. The van der Waals surface area contributed by atoms with Crippen molar-refractivity contribution in [3.05, 3.63) is 0 Å². The summed E-state index contributed by atoms with van der Waals surface area (Å²) >= 11 is 0. The van der Waals surface area contributed by atoms with Crippen LogP contribution in [0.25, 0.3) is 0 Å². The summed E-state index contributed by atoms with van der Waals surface area (Å²) in [5.74, 6) is 0.923. The number of rotatable bonds is 7. The largest absolute Gasteiger partial charge is 0.307 e. The van der Waals surface area contributed by atoms with Gasteiger partial charge in [-0.2, -0.15) is 0 Å². The molecule has 0 N–H and O–H groups in total. The van der Waals surface area contributed by atoms with E-state index in [1.807, 2.05) is 34.5 Å². The SMILES string of the molecule is C=O.CC.CC.CCCC(CCC(C)CC)N1CCCC1. The zero-order valence-corrected chi connectivity index (χ0v) is 16.1. The number of likely N-dealkylation sites (tertiary alicyclic amines) is 1. The van der Waals surface area contributed by atoms with Gasteiger partial charge in [0.05, 0.1) is 0 Å². The summed E-state index contributed by atoms with van der Waals surface area (Å²) in [6.07, 6.45) is 9.84. The lowest BCUT2D eigenvalue weighted by atomic mass is 9.96. The molecular formula is C19H43NO. The third-order valence-electron chi connectivity index (χ3n) is 3.97. The monoisotopic (exact) mass is 301 g/mol. The minimum atomic E-state index is 0.895. The van der Waals surface area contributed by atoms with Crippen LogP contribution in [0.5, 0.6) is 0 Å². The lowest BCUT2D eigenvalue weighted by Crippen LogP contribution is -2.32. The lowest BCUT2D eigenvalue weighted by Gasteiger charge is -2.28. The third kappa shape index (κ3) is 14.3. The molecule has 130 valence electrons. The highest BCUT2D eigenvalue weighted by atomic mass is 16.1. The fourth-order valence-corrected chi connectivity index (χ4v) is 2.63. The molecular weight excluding hydrogens is 258 g/mol. The van der Waals surface area contributed by atoms with E-state index in [1.54, 1.807) is 0 Å². The van der Waals surface area contributed by atoms with Crippen LogP contribution in [0.1, 0.15) is 93.4 Å². The molecule has 1 heterocycles. The maximum Gasteiger partial charge on any atom is 0.106 e. The van der Waals surface area contributed by atoms with Crippen molar-refractivity contribution in [3.63, 3.8) is 0 Å². The van der Waals surface area contributed by atoms with Crippen molar-refractivity contribution in [3.8, 4) is 0 Å². The van der Waals surface area contributed by atoms with Crippen molar-refractivity contribution < 1.29 is 4.79 Å². The quantitative estimate of drug-likeness (QED) is 0.579. The smallest absolute Gasteiger partial charge is 0.106 e. The maximum absolute atomic E-state index is 8.00. The minimum absolute atomic E-state index is 0.895. The molecule has 0 aliphatic carbocycles. The van der Waals surface area contributed by atoms with Crippen LogP contribution in [0.4, 0.5) is 0 Å². The standard InChI is InChI=1S/C14H29N.2C2H6.CH2O/c1-4-8-14(10-9-13(3)5-2)15-11-6-7-12-15;3*1-2/h13-14H,4-12H2,1-3H3;2*1-2H3;1H2. The summed E-state index contributed by atoms with van der Waals surface area (Å²) in [6, 6.07) is 0.895. The molecule has 0 saturated carbocycles. The molecule has 0 aromatic carbocycles. The Morgan fingerprint density at radius 2 is 1.38 bits per heavy atom. The summed E-state index contributed by atoms with van der Waals surface area (Å²) in [7, 11) is 0. The second-order valence-corrected chi connectivity index (χ2v) is 5.28. The number of hydrogen-bond acceptors (Lipinski definition) is 2. The second kappa shape index (κ2) is 21.9. The van der Waals surface area contributed by atoms with E-state index in [-0.39, 0.29) is 0 Å². The van der Waals surface area contributed by atoms with E-state index in [2.05, 4.69) is 25.7 Å². The molecule has 1 fully saturated rings. The van der Waals surface area contributed by atoms with Crippen LogP contribution < -0.4 is 0 Å². The maximum atomic E-state index is 8.00. The van der Waals surface area contributed by atoms with Gasteiger partial charge in [0.1, 0.15) is 6.79 Å². The minimum Gasteiger partial charge on any atom is -0.307 e. The van der Waals surface area contributed by atoms with E-state index in [0.717, 1.165) is 12.0 Å². The Bertz CT molecular complexity index is 167. The van der Waals surface area contributed by atoms with Crippen LogP contribution in [0.15, 0.2) is 0 Å². The van der Waals surface area contributed by atoms with Crippen LogP contribution in [-0.2, 0) is 4.79 Å². The van der Waals surface area contributed by atoms with Crippen molar-refractivity contribution in [2.45, 2.75) is 99.5 Å². The summed E-state index contributed by atoms with van der Waals surface area (Å²) in [6.45, 7) is 19.8. The van der Waals surface area contributed by atoms with Gasteiger partial charge in [0.25, 0.3) is 0 Å². The first-order valence-electron chi connectivity index (χ1n) is 9.30. The zero-order valence-electron chi connectivity index (χ0n) is 16.1. The Labute approximate surface area is 135 Å². The molecule has 2 unspecified atom stereocenters. The molecule has 2 heteroatoms. The van der Waals surface area contributed by atoms with Crippen LogP contribution in [-0.4, -0.2) is 30.8 Å². The molecule has 0 spiro atoms. The average Bonchev–Trinajstić information content (AvgIpc) is 3.11. The first kappa shape index (κ1) is 25.6. The molecule has 21 heavy (non-hydrogen) atoms. The Kier molecular flexibility index (Phi) is 26.7. The van der Waals surface area contributed by atoms with Gasteiger partial charge in [-0.05, 0) is 51.1 Å². The van der Waals surface area contributed by atoms with E-state index < -0.39 is 0 Å². The highest BCUT2D eigenvalue weighted by Crippen LogP contribution is 2.21. The first-order chi connectivity index (χ1) is 10.3. The predicted octanol–water partition coefficient (Wildman–Crippen LogP) is 5.94. The van der Waals surface area contributed by atoms with Crippen molar-refractivity contribution >= 4 is 6.79 Å². The topological polar surface area (TPSA) is 20.3 Å². The Hall–Kier alpha value is -0.370. The molecule has 2 atom stereocenters. The van der Waals surface area contributed by atoms with Gasteiger partial charge >= 0.3 is 0 Å². The molecule has 2 nitrogen and oxygen atoms in total. The molecule has 0 aromatic rings. The van der Waals surface area contributed by atoms with E-state index in [1.165, 1.54) is 58.0 Å². The van der Waals surface area contributed by atoms with Gasteiger partial charge < -0.3 is 9.69 Å². The van der Waals surface area contributed by atoms with E-state index >= 15 is 0 Å². The van der Waals surface area contributed by atoms with Gasteiger partial charge in [-0.25, -0.2) is 0 Å². The van der Waals surface area contributed by atoms with Crippen molar-refractivity contribution in [1.82, 2.24) is 4.90 Å². The van der Waals surface area contributed by atoms with Crippen LogP contribution in [0.3, 0.4) is 0 Å². The molecule has 0 amide bonds. The normalized spacial score (nSPS) is 16.3. The summed E-state index contributed by atoms with van der Waals surface area (Å²) < 4.78 is 0. The molecule has 1 aliphatic rings. The molecule has 0 aromatic heterocycles. The molecule has 1 saturated heterocycles. The molecule has 1 aliphatic heterocycles. The van der Waals surface area contributed by atoms with Crippen LogP contribution in [0, 0.1) is 5.92 Å². The first-order valence-corrected chi connectivity index (χ1v) is 9.30. The van der Waals surface area contributed by atoms with Crippen molar-refractivity contribution in [2.24, 2.45) is 5.92 Å². The van der Waals surface area contributed by atoms with Crippen LogP contribution >= 0.6 is 0 Å². The fourth-order valence-electron chi connectivity index (χ4n) is 2.63. The summed E-state index contributed by atoms with van der Waals surface area (Å²) in [4.78, 5) is 10.7. The van der Waals surface area contributed by atoms with Gasteiger partial charge in [0.2, 0.25) is 0 Å². The predicted molar refractivity (Wildman–Crippen MR) is 98.0 cm³/mol. The van der Waals surface area contributed by atoms with Crippen LogP contribution in [0.2, 0.25) is 0 Å². The summed E-state index contributed by atoms with van der Waals surface area (Å²) in [5.41, 5.74) is 0. The lowest BCUT2D eigenvalue weighted by molar-refractivity contribution is -0.0979. The van der Waals surface area contributed by atoms with E-state index in [9.17, 15) is 0 Å². The Balaban J connectivity index is -0.000000478. The van der Waals surface area contributed by atoms with Gasteiger partial charge in [-0.1, -0.05) is 61.3 Å². The number of carbonyl (C=O) groups is 1. The number of nitrogens with zero attached hydrogens (tertiary/aromatic N) is 1. The van der Waals surface area contributed by atoms with Gasteiger partial charge in [0, 0.05) is 6.04 Å². The summed E-state index contributed by atoms with van der Waals surface area (Å²) in [5, 5.41) is 0. The highest BCUT2D eigenvalue weighted by molar-refractivity contribution is 5.10. The van der Waals surface area contributed by atoms with Gasteiger partial charge in [-0.15, -0.1) is 0 Å². The molecule has 0 radical (unpaired) electrons. The van der Waals surface area contributed by atoms with Crippen molar-refractivity contribution in [2.75, 3.05) is 13.1 Å². The van der Waals surface area contributed by atoms with E-state index in [0.29, 0.717) is 0 Å². The zero-order chi connectivity index (χ0) is 17.1. The van der Waals surface area contributed by atoms with Gasteiger partial charge in [0.15, 0.2) is 0 Å². The van der Waals surface area contributed by atoms with Crippen molar-refractivity contribution in [1.29, 1.82) is 0 Å². The molecule has 1 rings (SSSR count). The Morgan fingerprint density at radius 3 is 1.76 bits per heavy atom. The van der Waals surface area contributed by atoms with Gasteiger partial charge in [-0.3, -0.25) is 0 Å². The van der Waals surface area contributed by atoms with E-state index in [4.69, 9.17) is 4.79 Å². The molecule has 0 bridgehead atoms. The Morgan fingerprint density at radius 1 is 0.905 bits per heavy atom. The fraction of sp³-hybridized carbons (Fsp3) is 0.947. The third-order valence-corrected chi connectivity index (χ3v) is 3.97. The highest BCUT2D eigenvalue weighted by Gasteiger charge is 2.21. The number of hydrogen-bond donors (Lipinski definition) is 0. The second-order valence-electron chi connectivity index (χ2n) is 5.28.